The van der Waals surface area contributed by atoms with E-state index < -0.39 is 0 Å². The van der Waals surface area contributed by atoms with Crippen LogP contribution >= 0.6 is 11.3 Å². The Morgan fingerprint density at radius 3 is 1.74 bits per heavy atom. The molecular formula is C42H52O4S. The Bertz CT molecular complexity index is 1490. The van der Waals surface area contributed by atoms with Gasteiger partial charge in [-0.3, -0.25) is 4.79 Å². The molecule has 0 spiro atoms. The fourth-order valence-electron chi connectivity index (χ4n) is 5.70. The number of unbranched alkanes of at least 4 members (excludes halogenated alkanes) is 10. The van der Waals surface area contributed by atoms with Crippen LogP contribution in [0.3, 0.4) is 0 Å². The number of carbonyl (C=O) groups excluding carboxylic acids is 2. The van der Waals surface area contributed by atoms with Crippen molar-refractivity contribution in [1.82, 2.24) is 0 Å². The topological polar surface area (TPSA) is 52.6 Å². The minimum Gasteiger partial charge on any atom is -0.494 e. The predicted molar refractivity (Wildman–Crippen MR) is 197 cm³/mol. The molecule has 0 aliphatic rings. The van der Waals surface area contributed by atoms with E-state index in [9.17, 15) is 9.59 Å². The zero-order chi connectivity index (χ0) is 33.3. The summed E-state index contributed by atoms with van der Waals surface area (Å²) in [7, 11) is 0. The Labute approximate surface area is 286 Å². The van der Waals surface area contributed by atoms with Crippen LogP contribution in [0.2, 0.25) is 0 Å². The maximum atomic E-state index is 13.3. The lowest BCUT2D eigenvalue weighted by Crippen LogP contribution is -2.15. The Kier molecular flexibility index (Phi) is 15.3. The van der Waals surface area contributed by atoms with Gasteiger partial charge >= 0.3 is 5.97 Å². The first-order valence-corrected chi connectivity index (χ1v) is 18.6. The summed E-state index contributed by atoms with van der Waals surface area (Å²) in [6.45, 7) is 7.16. The SMILES string of the molecule is CCCCCCCCCCOc1ccc(-c2csc(C(=O)c3ccc(-c4ccc(C(=O)O[C@@H](C)CCCCCC)cc4)cc3)c2)cc1. The first-order valence-electron chi connectivity index (χ1n) is 17.8. The van der Waals surface area contributed by atoms with Crippen LogP contribution < -0.4 is 4.74 Å². The van der Waals surface area contributed by atoms with Gasteiger partial charge in [-0.1, -0.05) is 127 Å². The van der Waals surface area contributed by atoms with Crippen LogP contribution in [-0.4, -0.2) is 24.5 Å². The highest BCUT2D eigenvalue weighted by molar-refractivity contribution is 7.12. The summed E-state index contributed by atoms with van der Waals surface area (Å²) in [6.07, 6.45) is 15.8. The van der Waals surface area contributed by atoms with Gasteiger partial charge in [0.1, 0.15) is 5.75 Å². The molecule has 4 rings (SSSR count). The number of carbonyl (C=O) groups is 2. The van der Waals surface area contributed by atoms with E-state index in [4.69, 9.17) is 9.47 Å². The van der Waals surface area contributed by atoms with Crippen molar-refractivity contribution in [3.63, 3.8) is 0 Å². The van der Waals surface area contributed by atoms with E-state index in [1.807, 2.05) is 79.0 Å². The minimum atomic E-state index is -0.283. The molecule has 0 N–H and O–H groups in total. The molecule has 0 saturated carbocycles. The van der Waals surface area contributed by atoms with E-state index in [0.29, 0.717) is 16.0 Å². The van der Waals surface area contributed by atoms with Crippen LogP contribution in [0.15, 0.2) is 84.2 Å². The number of esters is 1. The Hall–Kier alpha value is -3.70. The van der Waals surface area contributed by atoms with Crippen molar-refractivity contribution in [1.29, 1.82) is 0 Å². The van der Waals surface area contributed by atoms with E-state index in [0.717, 1.165) is 53.9 Å². The van der Waals surface area contributed by atoms with Gasteiger partial charge in [-0.05, 0) is 84.2 Å². The molecule has 0 aliphatic heterocycles. The minimum absolute atomic E-state index is 0.0139. The summed E-state index contributed by atoms with van der Waals surface area (Å²) in [5, 5.41) is 2.04. The molecule has 3 aromatic carbocycles. The van der Waals surface area contributed by atoms with Crippen LogP contribution in [0.25, 0.3) is 22.3 Å². The second-order valence-corrected chi connectivity index (χ2v) is 13.5. The first kappa shape index (κ1) is 36.1. The third kappa shape index (κ3) is 11.8. The molecule has 0 saturated heterocycles. The highest BCUT2D eigenvalue weighted by Crippen LogP contribution is 2.29. The molecule has 1 heterocycles. The van der Waals surface area contributed by atoms with E-state index >= 15 is 0 Å². The van der Waals surface area contributed by atoms with Crippen LogP contribution in [0.1, 0.15) is 130 Å². The van der Waals surface area contributed by atoms with Gasteiger partial charge in [0.05, 0.1) is 23.2 Å². The zero-order valence-corrected chi connectivity index (χ0v) is 29.4. The van der Waals surface area contributed by atoms with Crippen molar-refractivity contribution in [3.05, 3.63) is 100 Å². The third-order valence-electron chi connectivity index (χ3n) is 8.65. The van der Waals surface area contributed by atoms with Gasteiger partial charge in [-0.2, -0.15) is 0 Å². The largest absolute Gasteiger partial charge is 0.494 e. The van der Waals surface area contributed by atoms with E-state index in [1.54, 1.807) is 0 Å². The Morgan fingerprint density at radius 1 is 0.617 bits per heavy atom. The second-order valence-electron chi connectivity index (χ2n) is 12.6. The summed E-state index contributed by atoms with van der Waals surface area (Å²) in [4.78, 5) is 26.6. The molecule has 0 radical (unpaired) electrons. The summed E-state index contributed by atoms with van der Waals surface area (Å²) < 4.78 is 11.6. The van der Waals surface area contributed by atoms with Gasteiger partial charge < -0.3 is 9.47 Å². The van der Waals surface area contributed by atoms with Crippen molar-refractivity contribution >= 4 is 23.1 Å². The zero-order valence-electron chi connectivity index (χ0n) is 28.6. The molecule has 0 unspecified atom stereocenters. The maximum Gasteiger partial charge on any atom is 0.338 e. The number of ether oxygens (including phenoxy) is 2. The van der Waals surface area contributed by atoms with Gasteiger partial charge in [-0.15, -0.1) is 11.3 Å². The van der Waals surface area contributed by atoms with Gasteiger partial charge in [0.2, 0.25) is 5.78 Å². The molecule has 250 valence electrons. The maximum absolute atomic E-state index is 13.3. The highest BCUT2D eigenvalue weighted by Gasteiger charge is 2.15. The number of benzene rings is 3. The van der Waals surface area contributed by atoms with E-state index in [-0.39, 0.29) is 17.9 Å². The number of rotatable bonds is 21. The molecule has 1 atom stereocenters. The van der Waals surface area contributed by atoms with Crippen molar-refractivity contribution in [3.8, 4) is 28.0 Å². The summed E-state index contributed by atoms with van der Waals surface area (Å²) >= 11 is 1.47. The van der Waals surface area contributed by atoms with Gasteiger partial charge in [0, 0.05) is 5.56 Å². The highest BCUT2D eigenvalue weighted by atomic mass is 32.1. The molecular weight excluding hydrogens is 601 g/mol. The predicted octanol–water partition coefficient (Wildman–Crippen LogP) is 12.3. The molecule has 4 aromatic rings. The van der Waals surface area contributed by atoms with E-state index in [2.05, 4.69) is 26.0 Å². The van der Waals surface area contributed by atoms with Crippen LogP contribution in [0, 0.1) is 0 Å². The number of hydrogen-bond donors (Lipinski definition) is 0. The van der Waals surface area contributed by atoms with Crippen LogP contribution in [-0.2, 0) is 4.74 Å². The lowest BCUT2D eigenvalue weighted by molar-refractivity contribution is 0.0319. The Morgan fingerprint density at radius 2 is 1.13 bits per heavy atom. The molecule has 0 fully saturated rings. The molecule has 0 bridgehead atoms. The van der Waals surface area contributed by atoms with Gasteiger partial charge in [-0.25, -0.2) is 4.79 Å². The number of hydrogen-bond acceptors (Lipinski definition) is 5. The molecule has 4 nitrogen and oxygen atoms in total. The van der Waals surface area contributed by atoms with Gasteiger partial charge in [0.25, 0.3) is 0 Å². The lowest BCUT2D eigenvalue weighted by Gasteiger charge is -2.13. The Balaban J connectivity index is 1.24. The van der Waals surface area contributed by atoms with Crippen LogP contribution in [0.5, 0.6) is 5.75 Å². The quantitative estimate of drug-likeness (QED) is 0.0510. The monoisotopic (exact) mass is 652 g/mol. The number of ketones is 1. The van der Waals surface area contributed by atoms with Gasteiger partial charge in [0.15, 0.2) is 0 Å². The summed E-state index contributed by atoms with van der Waals surface area (Å²) in [6, 6.07) is 25.3. The molecule has 0 amide bonds. The molecule has 47 heavy (non-hydrogen) atoms. The average Bonchev–Trinajstić information content (AvgIpc) is 3.60. The van der Waals surface area contributed by atoms with Crippen molar-refractivity contribution in [2.75, 3.05) is 6.61 Å². The molecule has 1 aromatic heterocycles. The summed E-state index contributed by atoms with van der Waals surface area (Å²) in [5.74, 6) is 0.620. The van der Waals surface area contributed by atoms with Crippen molar-refractivity contribution < 1.29 is 19.1 Å². The number of thiophene rings is 1. The van der Waals surface area contributed by atoms with Crippen LogP contribution in [0.4, 0.5) is 0 Å². The average molecular weight is 653 g/mol. The smallest absolute Gasteiger partial charge is 0.338 e. The first-order chi connectivity index (χ1) is 23.0. The second kappa shape index (κ2) is 19.8. The fourth-order valence-corrected chi connectivity index (χ4v) is 6.58. The standard InChI is InChI=1S/C42H52O4S/c1-4-6-8-10-11-12-13-15-29-45-39-27-25-35(26-28-39)38-30-40(47-31-38)41(43)36-21-17-33(18-22-36)34-19-23-37(24-20-34)42(44)46-32(3)16-14-9-7-5-2/h17-28,30-32H,4-16,29H2,1-3H3/t32-/m0/s1. The molecule has 5 heteroatoms. The normalized spacial score (nSPS) is 11.7. The van der Waals surface area contributed by atoms with Crippen molar-refractivity contribution in [2.24, 2.45) is 0 Å². The van der Waals surface area contributed by atoms with Crippen molar-refractivity contribution in [2.45, 2.75) is 110 Å². The van der Waals surface area contributed by atoms with E-state index in [1.165, 1.54) is 75.5 Å². The fraction of sp³-hybridized carbons (Fsp3) is 0.429. The lowest BCUT2D eigenvalue weighted by atomic mass is 10.0. The summed E-state index contributed by atoms with van der Waals surface area (Å²) in [5.41, 5.74) is 5.28. The third-order valence-corrected chi connectivity index (χ3v) is 9.58. The molecule has 0 aliphatic carbocycles.